The quantitative estimate of drug-likeness (QED) is 0.627. The van der Waals surface area contributed by atoms with E-state index in [0.717, 1.165) is 10.0 Å². The average molecular weight is 272 g/mol. The summed E-state index contributed by atoms with van der Waals surface area (Å²) < 4.78 is 5.83. The van der Waals surface area contributed by atoms with E-state index >= 15 is 0 Å². The van der Waals surface area contributed by atoms with Crippen molar-refractivity contribution in [3.63, 3.8) is 0 Å². The molecule has 0 aliphatic rings. The molecule has 5 heteroatoms. The first-order chi connectivity index (χ1) is 7.04. The molecule has 0 fully saturated rings. The molecule has 1 rings (SSSR count). The van der Waals surface area contributed by atoms with E-state index in [1.807, 2.05) is 0 Å². The third-order valence-corrected chi connectivity index (χ3v) is 2.58. The summed E-state index contributed by atoms with van der Waals surface area (Å²) in [4.78, 5) is 10.0. The molecule has 0 heterocycles. The highest BCUT2D eigenvalue weighted by molar-refractivity contribution is 9.10. The van der Waals surface area contributed by atoms with Crippen molar-refractivity contribution >= 4 is 22.0 Å². The molecule has 0 aliphatic carbocycles. The van der Waals surface area contributed by atoms with Gasteiger partial charge in [0, 0.05) is 17.5 Å². The van der Waals surface area contributed by atoms with Gasteiger partial charge in [-0.3, -0.25) is 10.1 Å². The molecule has 0 aliphatic heterocycles. The van der Waals surface area contributed by atoms with Crippen LogP contribution in [0.25, 0.3) is 6.08 Å². The molecule has 15 heavy (non-hydrogen) atoms. The van der Waals surface area contributed by atoms with E-state index in [9.17, 15) is 10.1 Å². The van der Waals surface area contributed by atoms with Crippen LogP contribution in [0.15, 0.2) is 28.4 Å². The Hall–Kier alpha value is -1.36. The minimum atomic E-state index is -0.425. The molecule has 0 atom stereocenters. The van der Waals surface area contributed by atoms with Crippen LogP contribution in [0, 0.1) is 10.1 Å². The first-order valence-corrected chi connectivity index (χ1v) is 5.00. The second kappa shape index (κ2) is 4.93. The largest absolute Gasteiger partial charge is 0.497 e. The fraction of sp³-hybridized carbons (Fsp3) is 0.200. The lowest BCUT2D eigenvalue weighted by atomic mass is 10.2. The van der Waals surface area contributed by atoms with Crippen LogP contribution in [-0.4, -0.2) is 12.0 Å². The number of allylic oxidation sites excluding steroid dienone is 1. The molecule has 4 nitrogen and oxygen atoms in total. The van der Waals surface area contributed by atoms with Crippen LogP contribution in [0.4, 0.5) is 0 Å². The molecule has 0 saturated carbocycles. The van der Waals surface area contributed by atoms with Crippen molar-refractivity contribution in [3.05, 3.63) is 44.0 Å². The van der Waals surface area contributed by atoms with Crippen LogP contribution in [0.3, 0.4) is 0 Å². The Morgan fingerprint density at radius 3 is 2.80 bits per heavy atom. The number of rotatable bonds is 3. The number of ether oxygens (including phenoxy) is 1. The third kappa shape index (κ3) is 3.06. The van der Waals surface area contributed by atoms with Crippen molar-refractivity contribution in [2.75, 3.05) is 7.11 Å². The van der Waals surface area contributed by atoms with Gasteiger partial charge in [-0.15, -0.1) is 0 Å². The van der Waals surface area contributed by atoms with Crippen molar-refractivity contribution in [2.24, 2.45) is 0 Å². The van der Waals surface area contributed by atoms with E-state index in [1.54, 1.807) is 25.3 Å². The van der Waals surface area contributed by atoms with Crippen LogP contribution >= 0.6 is 15.9 Å². The van der Waals surface area contributed by atoms with Gasteiger partial charge >= 0.3 is 0 Å². The number of nitrogens with zero attached hydrogens (tertiary/aromatic N) is 1. The summed E-state index contributed by atoms with van der Waals surface area (Å²) in [6, 6.07) is 5.30. The molecule has 1 aromatic carbocycles. The number of benzene rings is 1. The average Bonchev–Trinajstić information content (AvgIpc) is 2.21. The van der Waals surface area contributed by atoms with E-state index in [2.05, 4.69) is 15.9 Å². The minimum Gasteiger partial charge on any atom is -0.497 e. The van der Waals surface area contributed by atoms with Gasteiger partial charge in [0.2, 0.25) is 5.70 Å². The number of methoxy groups -OCH3 is 1. The maximum Gasteiger partial charge on any atom is 0.243 e. The fourth-order valence-electron chi connectivity index (χ4n) is 1.04. The molecule has 80 valence electrons. The predicted octanol–water partition coefficient (Wildman–Crippen LogP) is 3.10. The van der Waals surface area contributed by atoms with Crippen molar-refractivity contribution in [2.45, 2.75) is 6.92 Å². The molecule has 0 unspecified atom stereocenters. The summed E-state index contributed by atoms with van der Waals surface area (Å²) in [6.45, 7) is 1.45. The third-order valence-electron chi connectivity index (χ3n) is 1.86. The van der Waals surface area contributed by atoms with Crippen molar-refractivity contribution < 1.29 is 9.66 Å². The Kier molecular flexibility index (Phi) is 3.85. The molecule has 0 bridgehead atoms. The Bertz CT molecular complexity index is 415. The topological polar surface area (TPSA) is 52.4 Å². The molecule has 0 spiro atoms. The zero-order valence-electron chi connectivity index (χ0n) is 8.36. The summed E-state index contributed by atoms with van der Waals surface area (Å²) >= 11 is 3.31. The summed E-state index contributed by atoms with van der Waals surface area (Å²) in [6.07, 6.45) is 1.49. The number of nitro groups is 1. The van der Waals surface area contributed by atoms with Crippen molar-refractivity contribution in [1.29, 1.82) is 0 Å². The van der Waals surface area contributed by atoms with E-state index in [1.165, 1.54) is 13.0 Å². The minimum absolute atomic E-state index is 0.0870. The molecule has 0 aromatic heterocycles. The Balaban J connectivity index is 3.13. The molecule has 0 saturated heterocycles. The maximum absolute atomic E-state index is 10.5. The number of hydrogen-bond acceptors (Lipinski definition) is 3. The molecule has 0 amide bonds. The van der Waals surface area contributed by atoms with Crippen LogP contribution < -0.4 is 4.74 Å². The van der Waals surface area contributed by atoms with E-state index in [-0.39, 0.29) is 5.70 Å². The van der Waals surface area contributed by atoms with Crippen molar-refractivity contribution in [1.82, 2.24) is 0 Å². The van der Waals surface area contributed by atoms with Crippen LogP contribution in [0.1, 0.15) is 12.5 Å². The smallest absolute Gasteiger partial charge is 0.243 e. The highest BCUT2D eigenvalue weighted by atomic mass is 79.9. The second-order valence-corrected chi connectivity index (χ2v) is 3.78. The lowest BCUT2D eigenvalue weighted by Crippen LogP contribution is -1.93. The number of halogens is 1. The Morgan fingerprint density at radius 1 is 1.60 bits per heavy atom. The monoisotopic (exact) mass is 271 g/mol. The van der Waals surface area contributed by atoms with Gasteiger partial charge < -0.3 is 4.74 Å². The number of hydrogen-bond donors (Lipinski definition) is 0. The van der Waals surface area contributed by atoms with Crippen molar-refractivity contribution in [3.8, 4) is 5.75 Å². The van der Waals surface area contributed by atoms with E-state index < -0.39 is 4.92 Å². The second-order valence-electron chi connectivity index (χ2n) is 2.93. The standard InChI is InChI=1S/C10H10BrNO3/c1-7(12(13)14)5-8-6-9(15-2)3-4-10(8)11/h3-6H,1-2H3. The summed E-state index contributed by atoms with van der Waals surface area (Å²) in [5.41, 5.74) is 0.813. The van der Waals surface area contributed by atoms with Gasteiger partial charge in [0.05, 0.1) is 12.0 Å². The van der Waals surface area contributed by atoms with Gasteiger partial charge in [-0.05, 0) is 23.8 Å². The van der Waals surface area contributed by atoms with E-state index in [4.69, 9.17) is 4.74 Å². The molecular weight excluding hydrogens is 262 g/mol. The molecular formula is C10H10BrNO3. The molecule has 1 aromatic rings. The van der Waals surface area contributed by atoms with Crippen LogP contribution in [0.5, 0.6) is 5.75 Å². The fourth-order valence-corrected chi connectivity index (χ4v) is 1.40. The van der Waals surface area contributed by atoms with Crippen LogP contribution in [0.2, 0.25) is 0 Å². The van der Waals surface area contributed by atoms with Gasteiger partial charge in [0.1, 0.15) is 5.75 Å². The lowest BCUT2D eigenvalue weighted by molar-refractivity contribution is -0.422. The summed E-state index contributed by atoms with van der Waals surface area (Å²) in [5, 5.41) is 10.5. The van der Waals surface area contributed by atoms with Gasteiger partial charge in [0.15, 0.2) is 0 Å². The zero-order chi connectivity index (χ0) is 11.4. The molecule has 0 N–H and O–H groups in total. The van der Waals surface area contributed by atoms with Gasteiger partial charge in [-0.1, -0.05) is 15.9 Å². The summed E-state index contributed by atoms with van der Waals surface area (Å²) in [5.74, 6) is 0.667. The lowest BCUT2D eigenvalue weighted by Gasteiger charge is -2.02. The highest BCUT2D eigenvalue weighted by Crippen LogP contribution is 2.24. The normalized spacial score (nSPS) is 11.3. The summed E-state index contributed by atoms with van der Waals surface area (Å²) in [7, 11) is 1.55. The van der Waals surface area contributed by atoms with Gasteiger partial charge in [0.25, 0.3) is 0 Å². The van der Waals surface area contributed by atoms with Gasteiger partial charge in [-0.25, -0.2) is 0 Å². The SMILES string of the molecule is COc1ccc(Br)c(C=C(C)[N+](=O)[O-])c1. The van der Waals surface area contributed by atoms with Gasteiger partial charge in [-0.2, -0.15) is 0 Å². The first kappa shape index (κ1) is 11.7. The van der Waals surface area contributed by atoms with Crippen LogP contribution in [-0.2, 0) is 0 Å². The highest BCUT2D eigenvalue weighted by Gasteiger charge is 2.05. The first-order valence-electron chi connectivity index (χ1n) is 4.21. The Morgan fingerprint density at radius 2 is 2.27 bits per heavy atom. The zero-order valence-corrected chi connectivity index (χ0v) is 9.95. The Labute approximate surface area is 95.8 Å². The maximum atomic E-state index is 10.5. The van der Waals surface area contributed by atoms with E-state index in [0.29, 0.717) is 5.75 Å². The predicted molar refractivity (Wildman–Crippen MR) is 61.3 cm³/mol. The molecule has 0 radical (unpaired) electrons.